The molecular formula is C36H46O14. The van der Waals surface area contributed by atoms with E-state index in [1.54, 1.807) is 13.8 Å². The summed E-state index contributed by atoms with van der Waals surface area (Å²) in [6, 6.07) is 0. The van der Waals surface area contributed by atoms with Gasteiger partial charge in [0.2, 0.25) is 12.1 Å². The van der Waals surface area contributed by atoms with Gasteiger partial charge in [-0.05, 0) is 80.8 Å². The average Bonchev–Trinajstić information content (AvgIpc) is 3.57. The molecule has 0 aromatic heterocycles. The maximum Gasteiger partial charge on any atom is 0.331 e. The fourth-order valence-electron chi connectivity index (χ4n) is 10.7. The Morgan fingerprint density at radius 2 is 1.70 bits per heavy atom. The van der Waals surface area contributed by atoms with Crippen molar-refractivity contribution in [1.82, 2.24) is 0 Å². The van der Waals surface area contributed by atoms with Crippen LogP contribution in [-0.4, -0.2) is 96.7 Å². The second kappa shape index (κ2) is 11.9. The predicted octanol–water partition coefficient (Wildman–Crippen LogP) is 2.58. The summed E-state index contributed by atoms with van der Waals surface area (Å²) < 4.78 is 47.9. The summed E-state index contributed by atoms with van der Waals surface area (Å²) in [5, 5.41) is 12.8. The van der Waals surface area contributed by atoms with Gasteiger partial charge in [0.15, 0.2) is 18.0 Å². The van der Waals surface area contributed by atoms with Crippen molar-refractivity contribution in [3.8, 4) is 0 Å². The summed E-state index contributed by atoms with van der Waals surface area (Å²) in [5.74, 6) is -6.04. The van der Waals surface area contributed by atoms with Gasteiger partial charge >= 0.3 is 23.9 Å². The highest BCUT2D eigenvalue weighted by Gasteiger charge is 2.73. The lowest BCUT2D eigenvalue weighted by molar-refractivity contribution is -0.467. The lowest BCUT2D eigenvalue weighted by Crippen LogP contribution is -2.75. The Bertz CT molecular complexity index is 1580. The number of hydrogen-bond donors (Lipinski definition) is 1. The largest absolute Gasteiger partial charge is 0.458 e. The summed E-state index contributed by atoms with van der Waals surface area (Å²) in [5.41, 5.74) is -2.49. The molecule has 7 rings (SSSR count). The van der Waals surface area contributed by atoms with Crippen LogP contribution < -0.4 is 0 Å². The van der Waals surface area contributed by atoms with E-state index in [0.717, 1.165) is 0 Å². The number of ketones is 1. The number of allylic oxidation sites excluding steroid dienone is 1. The van der Waals surface area contributed by atoms with Crippen molar-refractivity contribution < 1.29 is 67.0 Å². The summed E-state index contributed by atoms with van der Waals surface area (Å²) in [4.78, 5) is 64.3. The minimum atomic E-state index is -1.95. The predicted molar refractivity (Wildman–Crippen MR) is 167 cm³/mol. The fraction of sp³-hybridized carbons (Fsp3) is 0.750. The molecule has 0 radical (unpaired) electrons. The maximum atomic E-state index is 14.8. The number of carbonyl (C=O) groups excluding carboxylic acids is 5. The van der Waals surface area contributed by atoms with Crippen LogP contribution >= 0.6 is 0 Å². The smallest absolute Gasteiger partial charge is 0.331 e. The first kappa shape index (κ1) is 35.2. The number of aliphatic hydroxyl groups is 1. The fourth-order valence-corrected chi connectivity index (χ4v) is 10.7. The van der Waals surface area contributed by atoms with Gasteiger partial charge in [0.1, 0.15) is 6.61 Å². The minimum Gasteiger partial charge on any atom is -0.458 e. The molecule has 3 saturated carbocycles. The van der Waals surface area contributed by atoms with Gasteiger partial charge in [-0.3, -0.25) is 19.2 Å². The van der Waals surface area contributed by atoms with Crippen molar-refractivity contribution in [2.45, 2.75) is 128 Å². The number of rotatable bonds is 5. The zero-order chi connectivity index (χ0) is 36.1. The molecule has 14 heteroatoms. The zero-order valence-electron chi connectivity index (χ0n) is 29.5. The van der Waals surface area contributed by atoms with Crippen LogP contribution in [0.25, 0.3) is 0 Å². The second-order valence-electron chi connectivity index (χ2n) is 15.4. The Kier molecular flexibility index (Phi) is 8.42. The molecule has 3 aliphatic heterocycles. The summed E-state index contributed by atoms with van der Waals surface area (Å²) in [6.45, 7) is 9.18. The molecule has 0 bridgehead atoms. The van der Waals surface area contributed by atoms with E-state index in [1.807, 2.05) is 6.92 Å². The molecule has 5 fully saturated rings. The summed E-state index contributed by atoms with van der Waals surface area (Å²) in [7, 11) is 1.39. The quantitative estimate of drug-likeness (QED) is 0.251. The van der Waals surface area contributed by atoms with Gasteiger partial charge in [0.05, 0.1) is 29.3 Å². The number of esters is 4. The molecule has 4 aliphatic carbocycles. The van der Waals surface area contributed by atoms with Crippen molar-refractivity contribution >= 4 is 29.7 Å². The normalized spacial score (nSPS) is 46.3. The Morgan fingerprint density at radius 3 is 2.32 bits per heavy atom. The van der Waals surface area contributed by atoms with Gasteiger partial charge in [0, 0.05) is 39.9 Å². The van der Waals surface area contributed by atoms with Gasteiger partial charge in [0.25, 0.3) is 5.79 Å². The van der Waals surface area contributed by atoms with E-state index in [1.165, 1.54) is 34.0 Å². The number of methoxy groups -OCH3 is 1. The van der Waals surface area contributed by atoms with Crippen molar-refractivity contribution in [2.75, 3.05) is 13.7 Å². The van der Waals surface area contributed by atoms with Gasteiger partial charge < -0.3 is 43.0 Å². The molecule has 50 heavy (non-hydrogen) atoms. The number of carbonyl (C=O) groups is 5. The van der Waals surface area contributed by atoms with Crippen LogP contribution in [0.2, 0.25) is 0 Å². The number of hydrogen-bond acceptors (Lipinski definition) is 14. The number of Topliss-reactive ketones (excluding diaryl/α,β-unsaturated/α-hetero) is 1. The molecule has 0 unspecified atom stereocenters. The van der Waals surface area contributed by atoms with E-state index in [2.05, 4.69) is 0 Å². The molecule has 1 N–H and O–H groups in total. The second-order valence-corrected chi connectivity index (χ2v) is 15.4. The number of fused-ring (bicyclic) bond motifs is 7. The van der Waals surface area contributed by atoms with Crippen LogP contribution in [0, 0.1) is 28.6 Å². The molecule has 13 atom stereocenters. The zero-order valence-corrected chi connectivity index (χ0v) is 29.5. The van der Waals surface area contributed by atoms with Crippen LogP contribution in [0.5, 0.6) is 0 Å². The molecule has 0 aromatic carbocycles. The van der Waals surface area contributed by atoms with Crippen LogP contribution in [0.3, 0.4) is 0 Å². The van der Waals surface area contributed by atoms with Crippen LogP contribution in [0.15, 0.2) is 23.0 Å². The first-order valence-corrected chi connectivity index (χ1v) is 17.5. The third-order valence-electron chi connectivity index (χ3n) is 12.8. The van der Waals surface area contributed by atoms with Gasteiger partial charge in [-0.2, -0.15) is 0 Å². The van der Waals surface area contributed by atoms with E-state index in [-0.39, 0.29) is 24.7 Å². The first-order chi connectivity index (χ1) is 23.5. The lowest BCUT2D eigenvalue weighted by Gasteiger charge is -2.63. The van der Waals surface area contributed by atoms with E-state index in [4.69, 9.17) is 37.9 Å². The van der Waals surface area contributed by atoms with Crippen LogP contribution in [0.1, 0.15) is 80.1 Å². The van der Waals surface area contributed by atoms with E-state index in [9.17, 15) is 29.1 Å². The third-order valence-corrected chi connectivity index (χ3v) is 12.8. The van der Waals surface area contributed by atoms with Crippen molar-refractivity contribution in [3.63, 3.8) is 0 Å². The molecule has 274 valence electrons. The molecular weight excluding hydrogens is 656 g/mol. The Morgan fingerprint density at radius 1 is 0.960 bits per heavy atom. The van der Waals surface area contributed by atoms with Crippen molar-refractivity contribution in [2.24, 2.45) is 28.6 Å². The SMILES string of the molecule is CO[C@@H]1[C@@H](OC(C)=O)[C@@H](C)O[C@H]2O[C@@H]3C[C@H]4CC[C@@H]5C(=C(OC(C)=O)C(=O)[C@]6(C)[C@@H](C7=CC(=O)OC7)CC[C@]56O)[C@@]4(C)C[C@H]3O[C@]21OC(C)=O. The van der Waals surface area contributed by atoms with Crippen LogP contribution in [-0.2, 0) is 61.9 Å². The average molecular weight is 703 g/mol. The molecule has 7 aliphatic rings. The Hall–Kier alpha value is -3.17. The van der Waals surface area contributed by atoms with E-state index < -0.39 is 101 Å². The van der Waals surface area contributed by atoms with E-state index >= 15 is 0 Å². The molecule has 2 saturated heterocycles. The Balaban J connectivity index is 1.31. The summed E-state index contributed by atoms with van der Waals surface area (Å²) >= 11 is 0. The monoisotopic (exact) mass is 702 g/mol. The van der Waals surface area contributed by atoms with Crippen molar-refractivity contribution in [3.05, 3.63) is 23.0 Å². The topological polar surface area (TPSA) is 179 Å². The molecule has 0 amide bonds. The van der Waals surface area contributed by atoms with Crippen LogP contribution in [0.4, 0.5) is 0 Å². The van der Waals surface area contributed by atoms with Gasteiger partial charge in [-0.15, -0.1) is 0 Å². The molecule has 14 nitrogen and oxygen atoms in total. The van der Waals surface area contributed by atoms with Gasteiger partial charge in [-0.1, -0.05) is 6.92 Å². The first-order valence-electron chi connectivity index (χ1n) is 17.5. The highest BCUT2D eigenvalue weighted by molar-refractivity contribution is 6.03. The number of cyclic esters (lactones) is 1. The Labute approximate surface area is 290 Å². The molecule has 0 spiro atoms. The third kappa shape index (κ3) is 4.88. The molecule has 3 heterocycles. The van der Waals surface area contributed by atoms with E-state index in [0.29, 0.717) is 43.3 Å². The molecule has 0 aromatic rings. The minimum absolute atomic E-state index is 0.0428. The lowest BCUT2D eigenvalue weighted by atomic mass is 9.46. The summed E-state index contributed by atoms with van der Waals surface area (Å²) in [6.07, 6.45) is -1.20. The number of ether oxygens (including phenoxy) is 8. The van der Waals surface area contributed by atoms with Gasteiger partial charge in [-0.25, -0.2) is 4.79 Å². The van der Waals surface area contributed by atoms with Crippen molar-refractivity contribution in [1.29, 1.82) is 0 Å². The maximum absolute atomic E-state index is 14.8. The standard InChI is InChI=1S/C36H46O14/c1-16-28(46-17(2)37)31(43-7)36(49-19(4)39)32(45-16)48-24-13-21-8-9-23-27(33(21,5)14-25(24)50-36)29(47-18(3)38)30(41)34(6)22(10-11-35(23,34)42)20-12-26(40)44-15-20/h12,16,21-25,28,31-32,42H,8-11,13-15H2,1-7H3/t16-,21-,22-,23-,24-,25-,28+,31-,32+,33+,34+,35+,36+/m1/s1. The highest BCUT2D eigenvalue weighted by Crippen LogP contribution is 2.69. The highest BCUT2D eigenvalue weighted by atomic mass is 16.8.